The Kier molecular flexibility index (Phi) is 7.64. The molecule has 1 heterocycles. The molecule has 6 heteroatoms. The van der Waals surface area contributed by atoms with Crippen molar-refractivity contribution in [2.75, 3.05) is 19.0 Å². The van der Waals surface area contributed by atoms with E-state index >= 15 is 0 Å². The highest BCUT2D eigenvalue weighted by Gasteiger charge is 2.14. The van der Waals surface area contributed by atoms with Crippen molar-refractivity contribution in [2.24, 2.45) is 0 Å². The lowest BCUT2D eigenvalue weighted by Crippen LogP contribution is -2.35. The fourth-order valence-electron chi connectivity index (χ4n) is 3.30. The van der Waals surface area contributed by atoms with Crippen molar-refractivity contribution in [1.29, 1.82) is 0 Å². The Bertz CT molecular complexity index is 911. The molecule has 2 aromatic carbocycles. The van der Waals surface area contributed by atoms with E-state index in [0.29, 0.717) is 6.54 Å². The summed E-state index contributed by atoms with van der Waals surface area (Å²) in [5.74, 6) is 0.879. The second kappa shape index (κ2) is 10.6. The number of aromatic nitrogens is 2. The van der Waals surface area contributed by atoms with E-state index in [2.05, 4.69) is 51.0 Å². The van der Waals surface area contributed by atoms with Crippen LogP contribution in [0.2, 0.25) is 0 Å². The minimum Gasteiger partial charge on any atom is -0.496 e. The van der Waals surface area contributed by atoms with Crippen LogP contribution in [0.15, 0.2) is 67.3 Å². The van der Waals surface area contributed by atoms with Crippen LogP contribution in [0.25, 0.3) is 0 Å². The fraction of sp³-hybridized carbons (Fsp3) is 0.304. The summed E-state index contributed by atoms with van der Waals surface area (Å²) in [6.45, 7) is 4.57. The predicted molar refractivity (Wildman–Crippen MR) is 122 cm³/mol. The highest BCUT2D eigenvalue weighted by Crippen LogP contribution is 2.21. The van der Waals surface area contributed by atoms with Crippen LogP contribution in [0.3, 0.4) is 0 Å². The van der Waals surface area contributed by atoms with Gasteiger partial charge in [0, 0.05) is 43.3 Å². The van der Waals surface area contributed by atoms with Gasteiger partial charge in [-0.2, -0.15) is 0 Å². The molecule has 0 saturated heterocycles. The molecule has 0 aliphatic carbocycles. The lowest BCUT2D eigenvalue weighted by molar-refractivity contribution is 0.372. The molecule has 0 aliphatic heterocycles. The molecular formula is C23H28N4OS. The third kappa shape index (κ3) is 5.81. The van der Waals surface area contributed by atoms with E-state index in [1.165, 1.54) is 5.56 Å². The molecule has 1 N–H and O–H groups in total. The van der Waals surface area contributed by atoms with E-state index in [1.54, 1.807) is 13.3 Å². The summed E-state index contributed by atoms with van der Waals surface area (Å²) >= 11 is 5.81. The highest BCUT2D eigenvalue weighted by molar-refractivity contribution is 7.80. The molecule has 3 aromatic rings. The van der Waals surface area contributed by atoms with E-state index in [1.807, 2.05) is 36.8 Å². The van der Waals surface area contributed by atoms with Gasteiger partial charge in [0.2, 0.25) is 0 Å². The smallest absolute Gasteiger partial charge is 0.173 e. The molecule has 0 unspecified atom stereocenters. The van der Waals surface area contributed by atoms with Gasteiger partial charge in [-0.15, -0.1) is 0 Å². The van der Waals surface area contributed by atoms with E-state index < -0.39 is 0 Å². The molecule has 152 valence electrons. The third-order valence-corrected chi connectivity index (χ3v) is 5.24. The molecule has 0 aliphatic rings. The van der Waals surface area contributed by atoms with Crippen molar-refractivity contribution in [3.63, 3.8) is 0 Å². The Morgan fingerprint density at radius 3 is 2.62 bits per heavy atom. The van der Waals surface area contributed by atoms with E-state index in [-0.39, 0.29) is 0 Å². The molecule has 0 radical (unpaired) electrons. The number of nitrogens with one attached hydrogen (secondary N) is 1. The summed E-state index contributed by atoms with van der Waals surface area (Å²) in [6.07, 6.45) is 7.55. The lowest BCUT2D eigenvalue weighted by Gasteiger charge is -2.27. The zero-order valence-corrected chi connectivity index (χ0v) is 17.9. The number of methoxy groups -OCH3 is 1. The minimum absolute atomic E-state index is 0.689. The van der Waals surface area contributed by atoms with Gasteiger partial charge in [0.25, 0.3) is 0 Å². The van der Waals surface area contributed by atoms with Crippen LogP contribution in [-0.2, 0) is 19.5 Å². The van der Waals surface area contributed by atoms with Gasteiger partial charge in [-0.3, -0.25) is 0 Å². The minimum atomic E-state index is 0.689. The first-order valence-corrected chi connectivity index (χ1v) is 10.3. The summed E-state index contributed by atoms with van der Waals surface area (Å²) in [6, 6.07) is 16.4. The maximum absolute atomic E-state index is 5.81. The van der Waals surface area contributed by atoms with Crippen molar-refractivity contribution in [2.45, 2.75) is 32.9 Å². The molecule has 5 nitrogen and oxygen atoms in total. The van der Waals surface area contributed by atoms with Gasteiger partial charge >= 0.3 is 0 Å². The molecule has 0 saturated carbocycles. The van der Waals surface area contributed by atoms with Crippen molar-refractivity contribution < 1.29 is 4.74 Å². The second-order valence-electron chi connectivity index (χ2n) is 6.83. The largest absolute Gasteiger partial charge is 0.496 e. The fourth-order valence-corrected chi connectivity index (χ4v) is 3.57. The number of benzene rings is 2. The van der Waals surface area contributed by atoms with Gasteiger partial charge in [-0.05, 0) is 42.8 Å². The zero-order chi connectivity index (χ0) is 20.5. The molecule has 29 heavy (non-hydrogen) atoms. The van der Waals surface area contributed by atoms with Gasteiger partial charge in [0.05, 0.1) is 13.4 Å². The predicted octanol–water partition coefficient (Wildman–Crippen LogP) is 4.74. The van der Waals surface area contributed by atoms with E-state index in [9.17, 15) is 0 Å². The number of nitrogens with zero attached hydrogens (tertiary/aromatic N) is 3. The van der Waals surface area contributed by atoms with Crippen LogP contribution in [0.4, 0.5) is 5.69 Å². The molecule has 3 rings (SSSR count). The standard InChI is InChI=1S/C23H28N4OS/c1-3-19-9-4-6-11-21(19)25-23(29)27(15-8-14-26-16-13-24-18-26)17-20-10-5-7-12-22(20)28-2/h4-7,9-13,16,18H,3,8,14-15,17H2,1-2H3,(H,25,29). The summed E-state index contributed by atoms with van der Waals surface area (Å²) in [4.78, 5) is 6.32. The Hall–Kier alpha value is -2.86. The average molecular weight is 409 g/mol. The zero-order valence-electron chi connectivity index (χ0n) is 17.0. The van der Waals surface area contributed by atoms with Crippen LogP contribution in [0, 0.1) is 0 Å². The van der Waals surface area contributed by atoms with Gasteiger partial charge in [-0.25, -0.2) is 4.98 Å². The second-order valence-corrected chi connectivity index (χ2v) is 7.22. The Morgan fingerprint density at radius 1 is 1.14 bits per heavy atom. The molecule has 0 fully saturated rings. The first kappa shape index (κ1) is 20.9. The van der Waals surface area contributed by atoms with Crippen LogP contribution < -0.4 is 10.1 Å². The number of thiocarbonyl (C=S) groups is 1. The van der Waals surface area contributed by atoms with E-state index in [4.69, 9.17) is 17.0 Å². The van der Waals surface area contributed by atoms with Crippen LogP contribution in [0.1, 0.15) is 24.5 Å². The van der Waals surface area contributed by atoms with Crippen molar-refractivity contribution in [3.8, 4) is 5.75 Å². The number of ether oxygens (including phenoxy) is 1. The average Bonchev–Trinajstić information content (AvgIpc) is 3.27. The van der Waals surface area contributed by atoms with Crippen LogP contribution >= 0.6 is 12.2 Å². The monoisotopic (exact) mass is 408 g/mol. The van der Waals surface area contributed by atoms with Crippen LogP contribution in [-0.4, -0.2) is 33.2 Å². The summed E-state index contributed by atoms with van der Waals surface area (Å²) in [7, 11) is 1.70. The Balaban J connectivity index is 1.74. The molecule has 1 aromatic heterocycles. The van der Waals surface area contributed by atoms with Crippen molar-refractivity contribution >= 4 is 23.0 Å². The molecule has 0 atom stereocenters. The number of rotatable bonds is 9. The number of hydrogen-bond donors (Lipinski definition) is 1. The normalized spacial score (nSPS) is 10.6. The number of para-hydroxylation sites is 2. The number of imidazole rings is 1. The quantitative estimate of drug-likeness (QED) is 0.518. The SMILES string of the molecule is CCc1ccccc1NC(=S)N(CCCn1ccnc1)Cc1ccccc1OC. The van der Waals surface area contributed by atoms with Gasteiger partial charge < -0.3 is 19.5 Å². The summed E-state index contributed by atoms with van der Waals surface area (Å²) in [5, 5.41) is 4.18. The maximum atomic E-state index is 5.81. The van der Waals surface area contributed by atoms with Crippen LogP contribution in [0.5, 0.6) is 5.75 Å². The third-order valence-electron chi connectivity index (χ3n) is 4.88. The first-order chi connectivity index (χ1) is 14.2. The van der Waals surface area contributed by atoms with Crippen molar-refractivity contribution in [3.05, 3.63) is 78.4 Å². The Morgan fingerprint density at radius 2 is 1.90 bits per heavy atom. The summed E-state index contributed by atoms with van der Waals surface area (Å²) < 4.78 is 7.63. The maximum Gasteiger partial charge on any atom is 0.173 e. The van der Waals surface area contributed by atoms with Crippen molar-refractivity contribution in [1.82, 2.24) is 14.5 Å². The van der Waals surface area contributed by atoms with Gasteiger partial charge in [0.15, 0.2) is 5.11 Å². The molecule has 0 amide bonds. The summed E-state index contributed by atoms with van der Waals surface area (Å²) in [5.41, 5.74) is 3.44. The number of hydrogen-bond acceptors (Lipinski definition) is 3. The lowest BCUT2D eigenvalue weighted by atomic mass is 10.1. The first-order valence-electron chi connectivity index (χ1n) is 9.92. The van der Waals surface area contributed by atoms with Gasteiger partial charge in [0.1, 0.15) is 5.75 Å². The van der Waals surface area contributed by atoms with E-state index in [0.717, 1.165) is 48.0 Å². The molecule has 0 bridgehead atoms. The number of aryl methyl sites for hydroxylation is 2. The Labute approximate surface area is 178 Å². The highest BCUT2D eigenvalue weighted by atomic mass is 32.1. The molecule has 0 spiro atoms. The molecular weight excluding hydrogens is 380 g/mol. The topological polar surface area (TPSA) is 42.3 Å². The number of anilines is 1. The van der Waals surface area contributed by atoms with Gasteiger partial charge in [-0.1, -0.05) is 43.3 Å².